The van der Waals surface area contributed by atoms with Gasteiger partial charge in [-0.15, -0.1) is 0 Å². The van der Waals surface area contributed by atoms with Gasteiger partial charge >= 0.3 is 35.5 Å². The third-order valence-electron chi connectivity index (χ3n) is 8.24. The van der Waals surface area contributed by atoms with Crippen molar-refractivity contribution in [3.05, 3.63) is 93.3 Å². The molecule has 0 aliphatic carbocycles. The van der Waals surface area contributed by atoms with Crippen LogP contribution in [0.3, 0.4) is 0 Å². The van der Waals surface area contributed by atoms with Gasteiger partial charge in [0.1, 0.15) is 0 Å². The number of aromatic nitrogens is 1. The minimum Gasteiger partial charge on any atom is -0.515 e. The molecule has 5 heterocycles. The quantitative estimate of drug-likeness (QED) is 0.303. The predicted octanol–water partition coefficient (Wildman–Crippen LogP) is 3.96. The number of hydrogen-bond acceptors (Lipinski definition) is 5. The van der Waals surface area contributed by atoms with Crippen LogP contribution in [0, 0.1) is 25.7 Å². The molecule has 3 N–H and O–H groups in total. The molecule has 0 saturated carbocycles. The molecule has 0 amide bonds. The fourth-order valence-corrected chi connectivity index (χ4v) is 5.91. The van der Waals surface area contributed by atoms with E-state index in [4.69, 9.17) is 15.0 Å². The van der Waals surface area contributed by atoms with Gasteiger partial charge in [-0.3, -0.25) is 4.99 Å². The fourth-order valence-electron chi connectivity index (χ4n) is 5.91. The smallest absolute Gasteiger partial charge is 0.515 e. The van der Waals surface area contributed by atoms with Crippen molar-refractivity contribution in [3.8, 4) is 0 Å². The van der Waals surface area contributed by atoms with E-state index in [-0.39, 0.29) is 52.7 Å². The minimum atomic E-state index is -1.11. The number of nitrogens with one attached hydrogen (secondary N) is 1. The van der Waals surface area contributed by atoms with Crippen molar-refractivity contribution >= 4 is 41.3 Å². The van der Waals surface area contributed by atoms with E-state index in [2.05, 4.69) is 39.3 Å². The molecule has 0 unspecified atom stereocenters. The van der Waals surface area contributed by atoms with Gasteiger partial charge in [0.2, 0.25) is 0 Å². The van der Waals surface area contributed by atoms with Gasteiger partial charge in [0, 0.05) is 28.6 Å². The van der Waals surface area contributed by atoms with Gasteiger partial charge in [-0.25, -0.2) is 14.8 Å². The van der Waals surface area contributed by atoms with Crippen molar-refractivity contribution in [1.29, 1.82) is 0 Å². The Balaban J connectivity index is 0.00000370. The van der Waals surface area contributed by atoms with Crippen molar-refractivity contribution in [3.63, 3.8) is 0 Å². The van der Waals surface area contributed by atoms with Crippen molar-refractivity contribution < 1.29 is 44.6 Å². The molecule has 0 saturated heterocycles. The van der Waals surface area contributed by atoms with E-state index < -0.39 is 5.97 Å². The zero-order valence-corrected chi connectivity index (χ0v) is 26.0. The number of carboxylic acid groups (broad SMARTS) is 1. The van der Waals surface area contributed by atoms with Crippen LogP contribution in [0.5, 0.6) is 0 Å². The number of allylic oxidation sites excluding steroid dienone is 6. The summed E-state index contributed by atoms with van der Waals surface area (Å²) in [6.45, 7) is 18.2. The van der Waals surface area contributed by atoms with Crippen LogP contribution in [0.15, 0.2) is 78.9 Å². The van der Waals surface area contributed by atoms with E-state index in [9.17, 15) is 15.0 Å². The summed E-state index contributed by atoms with van der Waals surface area (Å²) in [5.41, 5.74) is 10.6. The molecule has 1 aromatic rings. The average Bonchev–Trinajstić information content (AvgIpc) is 3.57. The molecule has 200 valence electrons. The minimum absolute atomic E-state index is 0. The number of aliphatic hydroxyl groups excluding tert-OH is 1. The number of aliphatic imine (C=N–C) groups is 3. The number of aromatic amines is 1. The van der Waals surface area contributed by atoms with Gasteiger partial charge in [-0.2, -0.15) is 6.42 Å². The maximum Gasteiger partial charge on any atom is 1.00 e. The summed E-state index contributed by atoms with van der Waals surface area (Å²) in [4.78, 5) is 30.7. The third kappa shape index (κ3) is 4.60. The summed E-state index contributed by atoms with van der Waals surface area (Å²) in [5, 5.41) is 20.7. The SMILES string of the molecule is C=Cc1c2[nH]c(c1C)C=C1N=C(/C(=C/O)C3=NC(=CC4=NC(=C2)C(C)=C4CC)C(C)=C3C(=O)O)[C@@H](C[CH2-])[C@@H]1C.[Na+]. The fraction of sp³-hybridized carbons (Fsp3) is 0.281. The van der Waals surface area contributed by atoms with Crippen molar-refractivity contribution in [2.24, 2.45) is 26.8 Å². The van der Waals surface area contributed by atoms with E-state index in [1.807, 2.05) is 31.2 Å². The second-order valence-electron chi connectivity index (χ2n) is 10.3. The van der Waals surface area contributed by atoms with Gasteiger partial charge < -0.3 is 22.1 Å². The van der Waals surface area contributed by atoms with Crippen LogP contribution in [-0.4, -0.2) is 38.3 Å². The average molecular weight is 545 g/mol. The van der Waals surface area contributed by atoms with Crippen LogP contribution in [0.2, 0.25) is 0 Å². The molecule has 40 heavy (non-hydrogen) atoms. The Morgan fingerprint density at radius 2 is 1.80 bits per heavy atom. The van der Waals surface area contributed by atoms with Crippen molar-refractivity contribution in [2.75, 3.05) is 0 Å². The van der Waals surface area contributed by atoms with Gasteiger partial charge in [0.25, 0.3) is 0 Å². The molecule has 0 radical (unpaired) electrons. The predicted molar refractivity (Wildman–Crippen MR) is 159 cm³/mol. The van der Waals surface area contributed by atoms with E-state index in [0.29, 0.717) is 29.0 Å². The molecule has 0 spiro atoms. The van der Waals surface area contributed by atoms with Crippen LogP contribution >= 0.6 is 0 Å². The summed E-state index contributed by atoms with van der Waals surface area (Å²) in [7, 11) is 0. The van der Waals surface area contributed by atoms with Crippen LogP contribution in [-0.2, 0) is 4.79 Å². The number of nitrogens with zero attached hydrogens (tertiary/aromatic N) is 3. The van der Waals surface area contributed by atoms with Crippen LogP contribution in [0.4, 0.5) is 0 Å². The number of H-pyrrole nitrogens is 1. The molecule has 0 fully saturated rings. The number of carboxylic acids is 1. The topological polar surface area (TPSA) is 110 Å². The van der Waals surface area contributed by atoms with E-state index in [1.54, 1.807) is 6.92 Å². The molecule has 2 atom stereocenters. The Morgan fingerprint density at radius 1 is 1.10 bits per heavy atom. The molecule has 1 aromatic heterocycles. The maximum atomic E-state index is 12.5. The number of fused-ring (bicyclic) bond motifs is 5. The molecule has 8 heteroatoms. The Morgan fingerprint density at radius 3 is 2.40 bits per heavy atom. The second kappa shape index (κ2) is 11.3. The molecule has 0 aromatic carbocycles. The second-order valence-corrected chi connectivity index (χ2v) is 10.3. The first-order valence-electron chi connectivity index (χ1n) is 13.2. The van der Waals surface area contributed by atoms with E-state index in [1.165, 1.54) is 0 Å². The molecular weight excluding hydrogens is 511 g/mol. The Kier molecular flexibility index (Phi) is 8.41. The van der Waals surface area contributed by atoms with Gasteiger partial charge in [-0.1, -0.05) is 26.5 Å². The molecule has 4 aliphatic heterocycles. The summed E-state index contributed by atoms with van der Waals surface area (Å²) in [6, 6.07) is 0. The largest absolute Gasteiger partial charge is 1.00 e. The van der Waals surface area contributed by atoms with Crippen LogP contribution < -0.4 is 29.6 Å². The number of hydrogen-bond donors (Lipinski definition) is 3. The first-order chi connectivity index (χ1) is 18.6. The van der Waals surface area contributed by atoms with Gasteiger partial charge in [-0.05, 0) is 73.6 Å². The monoisotopic (exact) mass is 544 g/mol. The Hall–Kier alpha value is -3.26. The van der Waals surface area contributed by atoms with E-state index >= 15 is 0 Å². The first kappa shape index (κ1) is 29.7. The number of aliphatic hydroxyl groups is 1. The molecule has 4 aliphatic rings. The molecule has 7 nitrogen and oxygen atoms in total. The number of aliphatic carboxylic acids is 1. The zero-order valence-electron chi connectivity index (χ0n) is 24.0. The summed E-state index contributed by atoms with van der Waals surface area (Å²) >= 11 is 0. The molecular formula is C32H33N4NaO3. The molecule has 5 rings (SSSR count). The zero-order chi connectivity index (χ0) is 28.2. The van der Waals surface area contributed by atoms with Gasteiger partial charge in [0.15, 0.2) is 0 Å². The maximum absolute atomic E-state index is 12.5. The summed E-state index contributed by atoms with van der Waals surface area (Å²) in [6.07, 6.45) is 9.98. The van der Waals surface area contributed by atoms with Crippen LogP contribution in [0.25, 0.3) is 18.2 Å². The van der Waals surface area contributed by atoms with Crippen molar-refractivity contribution in [2.45, 2.75) is 47.5 Å². The van der Waals surface area contributed by atoms with Crippen molar-refractivity contribution in [1.82, 2.24) is 4.98 Å². The standard InChI is InChI=1S/C32H33N4O3.Na/c1-8-19-15(4)23-11-25-17(6)21(10-3)30(35-25)22(14-37)31-29(32(38)39)18(7)26(36-31)13-28-20(9-2)16(5)24(34-28)12-27(19)33-23;/h8,11-14,17,21,33,37H,1,3,9-10H2,2,4-7H3,(H,38,39);/q-1;+1/b22-14-,24-12?,25-11?,26-13?;/t17-,21-;/m0./s1. The third-order valence-corrected chi connectivity index (χ3v) is 8.24. The van der Waals surface area contributed by atoms with Gasteiger partial charge in [0.05, 0.1) is 45.9 Å². The van der Waals surface area contributed by atoms with E-state index in [0.717, 1.165) is 63.4 Å². The Bertz CT molecular complexity index is 1620. The summed E-state index contributed by atoms with van der Waals surface area (Å²) in [5.74, 6) is -1.23. The molecule has 8 bridgehead atoms. The normalized spacial score (nSPS) is 22.9. The summed E-state index contributed by atoms with van der Waals surface area (Å²) < 4.78 is 0. The first-order valence-corrected chi connectivity index (χ1v) is 13.2. The number of rotatable bonds is 4. The number of carbonyl (C=O) groups is 1. The van der Waals surface area contributed by atoms with Crippen LogP contribution in [0.1, 0.15) is 63.1 Å². The Labute approximate surface area is 257 Å².